The van der Waals surface area contributed by atoms with Crippen molar-refractivity contribution in [2.24, 2.45) is 5.41 Å². The molecule has 1 unspecified atom stereocenters. The van der Waals surface area contributed by atoms with E-state index < -0.39 is 17.2 Å². The van der Waals surface area contributed by atoms with Crippen molar-refractivity contribution in [3.05, 3.63) is 42.2 Å². The first-order valence-electron chi connectivity index (χ1n) is 7.94. The summed E-state index contributed by atoms with van der Waals surface area (Å²) in [5.74, 6) is -0.277. The molecule has 0 aliphatic carbocycles. The minimum Gasteiger partial charge on any atom is -0.481 e. The Morgan fingerprint density at radius 3 is 2.76 bits per heavy atom. The van der Waals surface area contributed by atoms with Gasteiger partial charge in [-0.05, 0) is 37.6 Å². The van der Waals surface area contributed by atoms with Crippen molar-refractivity contribution >= 4 is 17.4 Å². The van der Waals surface area contributed by atoms with Crippen molar-refractivity contribution in [3.63, 3.8) is 0 Å². The minimum absolute atomic E-state index is 0.315. The third kappa shape index (κ3) is 2.50. The Kier molecular flexibility index (Phi) is 3.41. The highest BCUT2D eigenvalue weighted by Crippen LogP contribution is 2.33. The molecular weight excluding hydrogens is 325 g/mol. The number of carbonyl (C=O) groups is 1. The SMILES string of the molecule is CC1(C(=O)O)CCN(c2ccc3nnc(-c4ccccc4F)n3n2)C1. The van der Waals surface area contributed by atoms with Crippen LogP contribution >= 0.6 is 0 Å². The Bertz CT molecular complexity index is 973. The Morgan fingerprint density at radius 1 is 1.24 bits per heavy atom. The van der Waals surface area contributed by atoms with Gasteiger partial charge < -0.3 is 10.0 Å². The van der Waals surface area contributed by atoms with E-state index in [2.05, 4.69) is 15.3 Å². The lowest BCUT2D eigenvalue weighted by atomic mass is 9.90. The van der Waals surface area contributed by atoms with Crippen LogP contribution in [0.3, 0.4) is 0 Å². The van der Waals surface area contributed by atoms with Crippen LogP contribution in [-0.4, -0.2) is 44.0 Å². The van der Waals surface area contributed by atoms with Crippen LogP contribution in [0.15, 0.2) is 36.4 Å². The van der Waals surface area contributed by atoms with Gasteiger partial charge in [0.15, 0.2) is 11.5 Å². The number of halogens is 1. The lowest BCUT2D eigenvalue weighted by molar-refractivity contribution is -0.146. The molecule has 1 saturated heterocycles. The Morgan fingerprint density at radius 2 is 2.04 bits per heavy atom. The van der Waals surface area contributed by atoms with E-state index in [1.165, 1.54) is 10.6 Å². The standard InChI is InChI=1S/C17H16FN5O2/c1-17(16(24)25)8-9-22(10-17)14-7-6-13-19-20-15(23(13)21-14)11-4-2-3-5-12(11)18/h2-7H,8-10H2,1H3,(H,24,25). The Balaban J connectivity index is 1.75. The van der Waals surface area contributed by atoms with E-state index in [4.69, 9.17) is 0 Å². The molecule has 1 N–H and O–H groups in total. The summed E-state index contributed by atoms with van der Waals surface area (Å²) in [5.41, 5.74) is 0.0247. The fraction of sp³-hybridized carbons (Fsp3) is 0.294. The predicted octanol–water partition coefficient (Wildman–Crippen LogP) is 2.23. The maximum Gasteiger partial charge on any atom is 0.311 e. The number of anilines is 1. The molecule has 1 atom stereocenters. The maximum atomic E-state index is 14.1. The van der Waals surface area contributed by atoms with Gasteiger partial charge in [0.2, 0.25) is 0 Å². The van der Waals surface area contributed by atoms with Gasteiger partial charge in [0.05, 0.1) is 11.0 Å². The molecule has 0 amide bonds. The molecule has 0 saturated carbocycles. The molecule has 7 nitrogen and oxygen atoms in total. The molecule has 1 aromatic carbocycles. The number of nitrogens with zero attached hydrogens (tertiary/aromatic N) is 5. The lowest BCUT2D eigenvalue weighted by Crippen LogP contribution is -2.32. The second-order valence-corrected chi connectivity index (χ2v) is 6.50. The summed E-state index contributed by atoms with van der Waals surface area (Å²) in [7, 11) is 0. The summed E-state index contributed by atoms with van der Waals surface area (Å²) in [5, 5.41) is 22.0. The number of carboxylic acid groups (broad SMARTS) is 1. The fourth-order valence-electron chi connectivity index (χ4n) is 3.09. The van der Waals surface area contributed by atoms with E-state index in [0.717, 1.165) is 0 Å². The summed E-state index contributed by atoms with van der Waals surface area (Å²) < 4.78 is 15.6. The molecule has 1 aliphatic heterocycles. The second-order valence-electron chi connectivity index (χ2n) is 6.50. The van der Waals surface area contributed by atoms with E-state index in [9.17, 15) is 14.3 Å². The van der Waals surface area contributed by atoms with Crippen LogP contribution in [0.25, 0.3) is 17.0 Å². The minimum atomic E-state index is -0.813. The van der Waals surface area contributed by atoms with E-state index in [0.29, 0.717) is 42.4 Å². The van der Waals surface area contributed by atoms with E-state index in [1.807, 2.05) is 4.90 Å². The molecule has 0 spiro atoms. The van der Waals surface area contributed by atoms with Crippen LogP contribution in [0.1, 0.15) is 13.3 Å². The summed E-state index contributed by atoms with van der Waals surface area (Å²) in [6, 6.07) is 9.84. The van der Waals surface area contributed by atoms with E-state index in [1.54, 1.807) is 37.3 Å². The van der Waals surface area contributed by atoms with Gasteiger partial charge in [-0.2, -0.15) is 4.52 Å². The molecule has 1 fully saturated rings. The van der Waals surface area contributed by atoms with Crippen LogP contribution in [0.5, 0.6) is 0 Å². The van der Waals surface area contributed by atoms with Crippen molar-refractivity contribution in [2.75, 3.05) is 18.0 Å². The van der Waals surface area contributed by atoms with Gasteiger partial charge in [-0.1, -0.05) is 12.1 Å². The molecule has 3 aromatic rings. The zero-order valence-electron chi connectivity index (χ0n) is 13.6. The molecule has 4 rings (SSSR count). The number of aliphatic carboxylic acids is 1. The molecule has 25 heavy (non-hydrogen) atoms. The third-order valence-electron chi connectivity index (χ3n) is 4.68. The quantitative estimate of drug-likeness (QED) is 0.786. The summed E-state index contributed by atoms with van der Waals surface area (Å²) >= 11 is 0. The van der Waals surface area contributed by atoms with Gasteiger partial charge in [0.1, 0.15) is 11.6 Å². The van der Waals surface area contributed by atoms with Gasteiger partial charge in [-0.15, -0.1) is 15.3 Å². The number of fused-ring (bicyclic) bond motifs is 1. The van der Waals surface area contributed by atoms with Gasteiger partial charge >= 0.3 is 5.97 Å². The summed E-state index contributed by atoms with van der Waals surface area (Å²) in [6.45, 7) is 2.70. The van der Waals surface area contributed by atoms with Gasteiger partial charge in [-0.3, -0.25) is 4.79 Å². The van der Waals surface area contributed by atoms with Crippen LogP contribution in [0.4, 0.5) is 10.2 Å². The van der Waals surface area contributed by atoms with Crippen molar-refractivity contribution in [1.29, 1.82) is 0 Å². The van der Waals surface area contributed by atoms with E-state index >= 15 is 0 Å². The number of hydrogen-bond acceptors (Lipinski definition) is 5. The highest BCUT2D eigenvalue weighted by Gasteiger charge is 2.41. The monoisotopic (exact) mass is 341 g/mol. The van der Waals surface area contributed by atoms with Crippen LogP contribution in [0, 0.1) is 11.2 Å². The molecule has 3 heterocycles. The van der Waals surface area contributed by atoms with Crippen LogP contribution in [0.2, 0.25) is 0 Å². The number of benzene rings is 1. The van der Waals surface area contributed by atoms with Crippen LogP contribution < -0.4 is 4.90 Å². The van der Waals surface area contributed by atoms with Gasteiger partial charge in [0.25, 0.3) is 0 Å². The van der Waals surface area contributed by atoms with Crippen LogP contribution in [-0.2, 0) is 4.79 Å². The van der Waals surface area contributed by atoms with Gasteiger partial charge in [-0.25, -0.2) is 4.39 Å². The molecule has 8 heteroatoms. The first kappa shape index (κ1) is 15.5. The van der Waals surface area contributed by atoms with Crippen molar-refractivity contribution in [1.82, 2.24) is 19.8 Å². The average molecular weight is 341 g/mol. The fourth-order valence-corrected chi connectivity index (χ4v) is 3.09. The number of hydrogen-bond donors (Lipinski definition) is 1. The van der Waals surface area contributed by atoms with Crippen molar-refractivity contribution in [3.8, 4) is 11.4 Å². The average Bonchev–Trinajstić information content (AvgIpc) is 3.19. The first-order chi connectivity index (χ1) is 12.0. The zero-order chi connectivity index (χ0) is 17.6. The normalized spacial score (nSPS) is 20.3. The molecule has 1 aliphatic rings. The number of rotatable bonds is 3. The maximum absolute atomic E-state index is 14.1. The molecule has 0 bridgehead atoms. The van der Waals surface area contributed by atoms with Crippen molar-refractivity contribution < 1.29 is 14.3 Å². The molecular formula is C17H16FN5O2. The first-order valence-corrected chi connectivity index (χ1v) is 7.94. The van der Waals surface area contributed by atoms with Crippen molar-refractivity contribution in [2.45, 2.75) is 13.3 Å². The predicted molar refractivity (Wildman–Crippen MR) is 88.7 cm³/mol. The molecule has 128 valence electrons. The summed E-state index contributed by atoms with van der Waals surface area (Å²) in [6.07, 6.45) is 0.546. The zero-order valence-corrected chi connectivity index (χ0v) is 13.6. The Labute approximate surface area is 142 Å². The Hall–Kier alpha value is -3.03. The highest BCUT2D eigenvalue weighted by atomic mass is 19.1. The largest absolute Gasteiger partial charge is 0.481 e. The second kappa shape index (κ2) is 5.51. The number of carboxylic acids is 1. The summed E-state index contributed by atoms with van der Waals surface area (Å²) in [4.78, 5) is 13.3. The number of aromatic nitrogens is 4. The van der Waals surface area contributed by atoms with Gasteiger partial charge in [0, 0.05) is 13.1 Å². The topological polar surface area (TPSA) is 83.6 Å². The molecule has 0 radical (unpaired) electrons. The smallest absolute Gasteiger partial charge is 0.311 e. The lowest BCUT2D eigenvalue weighted by Gasteiger charge is -2.20. The molecule has 2 aromatic heterocycles. The third-order valence-corrected chi connectivity index (χ3v) is 4.68. The van der Waals surface area contributed by atoms with E-state index in [-0.39, 0.29) is 0 Å². The highest BCUT2D eigenvalue weighted by molar-refractivity contribution is 5.76.